The standard InChI is InChI=1S/C5H9IO3/c1-3-8-5(7)4(2)9-6/h4H,3H2,1-2H3. The van der Waals surface area contributed by atoms with Gasteiger partial charge in [-0.2, -0.15) is 0 Å². The van der Waals surface area contributed by atoms with E-state index in [0.717, 1.165) is 0 Å². The van der Waals surface area contributed by atoms with Gasteiger partial charge in [-0.3, -0.25) is 0 Å². The molecule has 0 N–H and O–H groups in total. The number of halogens is 1. The molecule has 0 amide bonds. The summed E-state index contributed by atoms with van der Waals surface area (Å²) in [5.41, 5.74) is 0. The second-order valence-corrected chi connectivity index (χ2v) is 1.99. The van der Waals surface area contributed by atoms with Crippen LogP contribution in [0.2, 0.25) is 0 Å². The van der Waals surface area contributed by atoms with Crippen molar-refractivity contribution in [3.8, 4) is 0 Å². The van der Waals surface area contributed by atoms with Gasteiger partial charge in [-0.25, -0.2) is 4.79 Å². The molecule has 4 heteroatoms. The van der Waals surface area contributed by atoms with E-state index in [9.17, 15) is 4.79 Å². The normalized spacial score (nSPS) is 12.8. The van der Waals surface area contributed by atoms with E-state index in [1.54, 1.807) is 36.9 Å². The molecule has 0 radical (unpaired) electrons. The molecule has 0 heterocycles. The molecule has 0 saturated heterocycles. The zero-order valence-electron chi connectivity index (χ0n) is 5.39. The van der Waals surface area contributed by atoms with Crippen LogP contribution in [0.3, 0.4) is 0 Å². The number of hydrogen-bond donors (Lipinski definition) is 0. The van der Waals surface area contributed by atoms with Gasteiger partial charge in [0.05, 0.1) is 6.61 Å². The molecule has 3 nitrogen and oxygen atoms in total. The minimum Gasteiger partial charge on any atom is -0.464 e. The molecule has 0 aromatic rings. The second kappa shape index (κ2) is 4.99. The highest BCUT2D eigenvalue weighted by Gasteiger charge is 2.11. The summed E-state index contributed by atoms with van der Waals surface area (Å²) < 4.78 is 9.29. The number of hydrogen-bond acceptors (Lipinski definition) is 3. The average molecular weight is 244 g/mol. The van der Waals surface area contributed by atoms with Crippen molar-refractivity contribution >= 4 is 29.0 Å². The van der Waals surface area contributed by atoms with Crippen molar-refractivity contribution in [2.75, 3.05) is 6.61 Å². The SMILES string of the molecule is CCOC(=O)C(C)OI. The van der Waals surface area contributed by atoms with Crippen molar-refractivity contribution in [1.82, 2.24) is 0 Å². The number of carbonyl (C=O) groups is 1. The first-order valence-corrected chi connectivity index (χ1v) is 3.54. The number of ether oxygens (including phenoxy) is 1. The number of esters is 1. The quantitative estimate of drug-likeness (QED) is 0.554. The van der Waals surface area contributed by atoms with Gasteiger partial charge < -0.3 is 7.80 Å². The third-order valence-corrected chi connectivity index (χ3v) is 1.51. The Kier molecular flexibility index (Phi) is 5.07. The first-order valence-electron chi connectivity index (χ1n) is 2.66. The Morgan fingerprint density at radius 2 is 2.33 bits per heavy atom. The van der Waals surface area contributed by atoms with Crippen LogP contribution in [0.15, 0.2) is 0 Å². The summed E-state index contributed by atoms with van der Waals surface area (Å²) in [7, 11) is 0. The maximum atomic E-state index is 10.6. The lowest BCUT2D eigenvalue weighted by atomic mass is 10.4. The third kappa shape index (κ3) is 3.69. The fourth-order valence-corrected chi connectivity index (χ4v) is 0.504. The predicted octanol–water partition coefficient (Wildman–Crippen LogP) is 1.30. The van der Waals surface area contributed by atoms with Crippen molar-refractivity contribution in [1.29, 1.82) is 0 Å². The highest BCUT2D eigenvalue weighted by Crippen LogP contribution is 1.98. The van der Waals surface area contributed by atoms with E-state index in [2.05, 4.69) is 7.80 Å². The monoisotopic (exact) mass is 244 g/mol. The predicted molar refractivity (Wildman–Crippen MR) is 41.2 cm³/mol. The minimum atomic E-state index is -0.453. The van der Waals surface area contributed by atoms with Gasteiger partial charge in [-0.15, -0.1) is 0 Å². The molecular formula is C5H9IO3. The van der Waals surface area contributed by atoms with Crippen LogP contribution < -0.4 is 0 Å². The first-order chi connectivity index (χ1) is 4.22. The molecule has 0 aliphatic carbocycles. The van der Waals surface area contributed by atoms with Crippen molar-refractivity contribution in [3.63, 3.8) is 0 Å². The van der Waals surface area contributed by atoms with Crippen LogP contribution in [0, 0.1) is 0 Å². The molecule has 54 valence electrons. The molecule has 0 aromatic heterocycles. The highest BCUT2D eigenvalue weighted by molar-refractivity contribution is 14.1. The molecule has 0 saturated carbocycles. The van der Waals surface area contributed by atoms with E-state index in [-0.39, 0.29) is 5.97 Å². The molecule has 0 spiro atoms. The van der Waals surface area contributed by atoms with Crippen molar-refractivity contribution in [3.05, 3.63) is 0 Å². The van der Waals surface area contributed by atoms with Crippen LogP contribution >= 0.6 is 23.0 Å². The summed E-state index contributed by atoms with van der Waals surface area (Å²) >= 11 is 1.67. The summed E-state index contributed by atoms with van der Waals surface area (Å²) in [6.45, 7) is 3.81. The van der Waals surface area contributed by atoms with Crippen LogP contribution in [0.5, 0.6) is 0 Å². The zero-order valence-corrected chi connectivity index (χ0v) is 7.54. The van der Waals surface area contributed by atoms with E-state index in [1.165, 1.54) is 0 Å². The van der Waals surface area contributed by atoms with Gasteiger partial charge >= 0.3 is 5.97 Å². The maximum absolute atomic E-state index is 10.6. The fraction of sp³-hybridized carbons (Fsp3) is 0.800. The molecule has 9 heavy (non-hydrogen) atoms. The molecule has 0 aliphatic rings. The average Bonchev–Trinajstić information content (AvgIpc) is 1.87. The van der Waals surface area contributed by atoms with Gasteiger partial charge in [0.1, 0.15) is 23.0 Å². The lowest BCUT2D eigenvalue weighted by molar-refractivity contribution is -0.149. The summed E-state index contributed by atoms with van der Waals surface area (Å²) in [4.78, 5) is 10.6. The van der Waals surface area contributed by atoms with Gasteiger partial charge in [0.2, 0.25) is 0 Å². The van der Waals surface area contributed by atoms with E-state index in [1.807, 2.05) is 0 Å². The molecular weight excluding hydrogens is 235 g/mol. The molecule has 1 atom stereocenters. The van der Waals surface area contributed by atoms with Gasteiger partial charge in [0.25, 0.3) is 0 Å². The Balaban J connectivity index is 3.46. The maximum Gasteiger partial charge on any atom is 0.336 e. The molecule has 0 fully saturated rings. The molecule has 1 unspecified atom stereocenters. The molecule has 0 rings (SSSR count). The lowest BCUT2D eigenvalue weighted by Gasteiger charge is -2.04. The number of rotatable bonds is 3. The Morgan fingerprint density at radius 3 is 2.67 bits per heavy atom. The van der Waals surface area contributed by atoms with Gasteiger partial charge in [-0.1, -0.05) is 0 Å². The molecule has 0 bridgehead atoms. The van der Waals surface area contributed by atoms with E-state index >= 15 is 0 Å². The Bertz CT molecular complexity index is 94.2. The van der Waals surface area contributed by atoms with Crippen LogP contribution in [0.1, 0.15) is 13.8 Å². The Hall–Kier alpha value is 0.160. The second-order valence-electron chi connectivity index (χ2n) is 1.48. The van der Waals surface area contributed by atoms with Crippen LogP contribution in [0.25, 0.3) is 0 Å². The van der Waals surface area contributed by atoms with E-state index in [4.69, 9.17) is 0 Å². The highest BCUT2D eigenvalue weighted by atomic mass is 127. The molecule has 0 aliphatic heterocycles. The van der Waals surface area contributed by atoms with Crippen molar-refractivity contribution < 1.29 is 12.6 Å². The van der Waals surface area contributed by atoms with E-state index in [0.29, 0.717) is 6.61 Å². The van der Waals surface area contributed by atoms with Crippen molar-refractivity contribution in [2.45, 2.75) is 20.0 Å². The van der Waals surface area contributed by atoms with E-state index < -0.39 is 6.10 Å². The van der Waals surface area contributed by atoms with Crippen LogP contribution in [-0.2, 0) is 12.6 Å². The minimum absolute atomic E-state index is 0.313. The summed E-state index contributed by atoms with van der Waals surface area (Å²) in [5.74, 6) is -0.313. The smallest absolute Gasteiger partial charge is 0.336 e. The summed E-state index contributed by atoms with van der Waals surface area (Å²) in [6, 6.07) is 0. The Morgan fingerprint density at radius 1 is 1.78 bits per heavy atom. The largest absolute Gasteiger partial charge is 0.464 e. The molecule has 0 aromatic carbocycles. The third-order valence-electron chi connectivity index (χ3n) is 0.752. The first kappa shape index (κ1) is 9.16. The lowest BCUT2D eigenvalue weighted by Crippen LogP contribution is -2.19. The zero-order chi connectivity index (χ0) is 7.28. The fourth-order valence-electron chi connectivity index (χ4n) is 0.296. The Labute approximate surface area is 68.4 Å². The summed E-state index contributed by atoms with van der Waals surface area (Å²) in [5, 5.41) is 0. The van der Waals surface area contributed by atoms with Gasteiger partial charge in [-0.05, 0) is 13.8 Å². The summed E-state index contributed by atoms with van der Waals surface area (Å²) in [6.07, 6.45) is -0.453. The van der Waals surface area contributed by atoms with Gasteiger partial charge in [0, 0.05) is 0 Å². The topological polar surface area (TPSA) is 35.5 Å². The number of carbonyl (C=O) groups excluding carboxylic acids is 1. The van der Waals surface area contributed by atoms with Gasteiger partial charge in [0.15, 0.2) is 6.10 Å². The van der Waals surface area contributed by atoms with Crippen LogP contribution in [0.4, 0.5) is 0 Å². The van der Waals surface area contributed by atoms with Crippen molar-refractivity contribution in [2.24, 2.45) is 0 Å². The van der Waals surface area contributed by atoms with Crippen LogP contribution in [-0.4, -0.2) is 18.7 Å².